The Balaban J connectivity index is 2.26. The summed E-state index contributed by atoms with van der Waals surface area (Å²) in [6.45, 7) is 1.99. The first-order chi connectivity index (χ1) is 8.49. The van der Waals surface area contributed by atoms with Crippen LogP contribution in [0, 0.1) is 0 Å². The van der Waals surface area contributed by atoms with E-state index in [0.717, 1.165) is 0 Å². The van der Waals surface area contributed by atoms with Crippen LogP contribution >= 0.6 is 11.6 Å². The molecule has 0 heterocycles. The third-order valence-electron chi connectivity index (χ3n) is 2.34. The van der Waals surface area contributed by atoms with Gasteiger partial charge in [-0.05, 0) is 31.2 Å². The predicted molar refractivity (Wildman–Crippen MR) is 69.6 cm³/mol. The zero-order valence-corrected chi connectivity index (χ0v) is 10.9. The summed E-state index contributed by atoms with van der Waals surface area (Å²) in [5.74, 6) is 0.169. The average molecular weight is 273 g/mol. The highest BCUT2D eigenvalue weighted by molar-refractivity contribution is 6.30. The smallest absolute Gasteiger partial charge is 0.234 e. The van der Waals surface area contributed by atoms with Crippen molar-refractivity contribution in [3.8, 4) is 5.75 Å². The Morgan fingerprint density at radius 1 is 1.50 bits per heavy atom. The number of carbonyl (C=O) groups excluding carboxylic acids is 1. The number of nitrogens with one attached hydrogen (secondary N) is 1. The number of ether oxygens (including phenoxy) is 1. The van der Waals surface area contributed by atoms with Gasteiger partial charge in [0.2, 0.25) is 5.91 Å². The molecular weight excluding hydrogens is 256 g/mol. The quantitative estimate of drug-likeness (QED) is 0.676. The van der Waals surface area contributed by atoms with E-state index in [1.807, 2.05) is 0 Å². The van der Waals surface area contributed by atoms with E-state index >= 15 is 0 Å². The number of nitrogens with two attached hydrogens (primary N) is 1. The average Bonchev–Trinajstić information content (AvgIpc) is 2.35. The second-order valence-electron chi connectivity index (χ2n) is 3.95. The fourth-order valence-corrected chi connectivity index (χ4v) is 1.32. The molecule has 0 radical (unpaired) electrons. The third-order valence-corrected chi connectivity index (χ3v) is 2.59. The Morgan fingerprint density at radius 2 is 2.11 bits per heavy atom. The van der Waals surface area contributed by atoms with E-state index < -0.39 is 18.1 Å². The van der Waals surface area contributed by atoms with E-state index in [-0.39, 0.29) is 13.2 Å². The van der Waals surface area contributed by atoms with Gasteiger partial charge in [-0.1, -0.05) is 11.6 Å². The largest absolute Gasteiger partial charge is 0.491 e. The third kappa shape index (κ3) is 5.35. The number of aliphatic hydroxyl groups is 1. The van der Waals surface area contributed by atoms with Gasteiger partial charge < -0.3 is 20.9 Å². The summed E-state index contributed by atoms with van der Waals surface area (Å²) < 4.78 is 5.35. The van der Waals surface area contributed by atoms with E-state index in [9.17, 15) is 9.90 Å². The van der Waals surface area contributed by atoms with E-state index in [2.05, 4.69) is 5.32 Å². The number of benzene rings is 1. The number of hydrogen-bond acceptors (Lipinski definition) is 4. The summed E-state index contributed by atoms with van der Waals surface area (Å²) in [7, 11) is 0. The van der Waals surface area contributed by atoms with Gasteiger partial charge in [-0.3, -0.25) is 4.79 Å². The maximum absolute atomic E-state index is 10.8. The SMILES string of the molecule is CC(NCC(O)COc1ccc(Cl)cc1)C(N)=O. The molecule has 2 atom stereocenters. The molecule has 0 aliphatic heterocycles. The minimum Gasteiger partial charge on any atom is -0.491 e. The van der Waals surface area contributed by atoms with Crippen LogP contribution in [0.3, 0.4) is 0 Å². The summed E-state index contributed by atoms with van der Waals surface area (Å²) in [5, 5.41) is 13.1. The van der Waals surface area contributed by atoms with Crippen LogP contribution in [-0.4, -0.2) is 36.3 Å². The zero-order chi connectivity index (χ0) is 13.5. The van der Waals surface area contributed by atoms with Crippen molar-refractivity contribution < 1.29 is 14.6 Å². The highest BCUT2D eigenvalue weighted by atomic mass is 35.5. The van der Waals surface area contributed by atoms with Crippen molar-refractivity contribution in [1.82, 2.24) is 5.32 Å². The normalized spacial score (nSPS) is 13.9. The predicted octanol–water partition coefficient (Wildman–Crippen LogP) is 0.543. The van der Waals surface area contributed by atoms with Crippen molar-refractivity contribution >= 4 is 17.5 Å². The molecule has 0 aliphatic carbocycles. The lowest BCUT2D eigenvalue weighted by atomic mass is 10.3. The van der Waals surface area contributed by atoms with Gasteiger partial charge in [-0.15, -0.1) is 0 Å². The summed E-state index contributed by atoms with van der Waals surface area (Å²) in [4.78, 5) is 10.8. The fraction of sp³-hybridized carbons (Fsp3) is 0.417. The van der Waals surface area contributed by atoms with Gasteiger partial charge in [0.1, 0.15) is 18.5 Å². The summed E-state index contributed by atoms with van der Waals surface area (Å²) in [6.07, 6.45) is -0.720. The number of amides is 1. The van der Waals surface area contributed by atoms with Gasteiger partial charge in [0.25, 0.3) is 0 Å². The molecule has 0 bridgehead atoms. The molecule has 0 spiro atoms. The van der Waals surface area contributed by atoms with Gasteiger partial charge >= 0.3 is 0 Å². The molecule has 0 aromatic heterocycles. The monoisotopic (exact) mass is 272 g/mol. The molecule has 4 N–H and O–H groups in total. The Labute approximate surface area is 111 Å². The Bertz CT molecular complexity index is 383. The van der Waals surface area contributed by atoms with Crippen molar-refractivity contribution in [1.29, 1.82) is 0 Å². The van der Waals surface area contributed by atoms with Crippen LogP contribution in [0.5, 0.6) is 5.75 Å². The van der Waals surface area contributed by atoms with E-state index in [1.54, 1.807) is 31.2 Å². The Morgan fingerprint density at radius 3 is 2.67 bits per heavy atom. The molecular formula is C12H17ClN2O3. The minimum absolute atomic E-state index is 0.125. The molecule has 1 aromatic carbocycles. The number of rotatable bonds is 7. The van der Waals surface area contributed by atoms with Crippen molar-refractivity contribution in [3.63, 3.8) is 0 Å². The molecule has 0 saturated carbocycles. The number of carbonyl (C=O) groups is 1. The Kier molecular flexibility index (Phi) is 5.91. The highest BCUT2D eigenvalue weighted by Gasteiger charge is 2.11. The first-order valence-corrected chi connectivity index (χ1v) is 5.96. The molecule has 2 unspecified atom stereocenters. The molecule has 100 valence electrons. The van der Waals surface area contributed by atoms with Crippen molar-refractivity contribution in [2.75, 3.05) is 13.2 Å². The molecule has 1 amide bonds. The first-order valence-electron chi connectivity index (χ1n) is 5.58. The van der Waals surface area contributed by atoms with Crippen LogP contribution in [0.15, 0.2) is 24.3 Å². The maximum atomic E-state index is 10.8. The van der Waals surface area contributed by atoms with Crippen LogP contribution in [0.4, 0.5) is 0 Å². The molecule has 1 rings (SSSR count). The molecule has 0 fully saturated rings. The van der Waals surface area contributed by atoms with Crippen LogP contribution in [0.1, 0.15) is 6.92 Å². The fourth-order valence-electron chi connectivity index (χ4n) is 1.20. The van der Waals surface area contributed by atoms with Crippen LogP contribution < -0.4 is 15.8 Å². The van der Waals surface area contributed by atoms with E-state index in [0.29, 0.717) is 10.8 Å². The summed E-state index contributed by atoms with van der Waals surface area (Å²) >= 11 is 5.73. The standard InChI is InChI=1S/C12H17ClN2O3/c1-8(12(14)17)15-6-10(16)7-18-11-4-2-9(13)3-5-11/h2-5,8,10,15-16H,6-7H2,1H3,(H2,14,17). The summed E-state index contributed by atoms with van der Waals surface area (Å²) in [6, 6.07) is 6.37. The molecule has 6 heteroatoms. The summed E-state index contributed by atoms with van der Waals surface area (Å²) in [5.41, 5.74) is 5.07. The minimum atomic E-state index is -0.720. The van der Waals surface area contributed by atoms with Crippen molar-refractivity contribution in [2.24, 2.45) is 5.73 Å². The highest BCUT2D eigenvalue weighted by Crippen LogP contribution is 2.15. The van der Waals surface area contributed by atoms with Crippen LogP contribution in [-0.2, 0) is 4.79 Å². The van der Waals surface area contributed by atoms with Gasteiger partial charge in [-0.2, -0.15) is 0 Å². The maximum Gasteiger partial charge on any atom is 0.234 e. The first kappa shape index (κ1) is 14.8. The number of hydrogen-bond donors (Lipinski definition) is 3. The molecule has 0 aliphatic rings. The number of halogens is 1. The van der Waals surface area contributed by atoms with Gasteiger partial charge in [0.05, 0.1) is 6.04 Å². The van der Waals surface area contributed by atoms with E-state index in [1.165, 1.54) is 0 Å². The number of primary amides is 1. The Hall–Kier alpha value is -1.30. The lowest BCUT2D eigenvalue weighted by Crippen LogP contribution is -2.43. The lowest BCUT2D eigenvalue weighted by molar-refractivity contribution is -0.119. The van der Waals surface area contributed by atoms with Gasteiger partial charge in [0, 0.05) is 11.6 Å². The van der Waals surface area contributed by atoms with Crippen LogP contribution in [0.25, 0.3) is 0 Å². The molecule has 0 saturated heterocycles. The van der Waals surface area contributed by atoms with Crippen molar-refractivity contribution in [2.45, 2.75) is 19.1 Å². The number of aliphatic hydroxyl groups excluding tert-OH is 1. The molecule has 5 nitrogen and oxygen atoms in total. The van der Waals surface area contributed by atoms with E-state index in [4.69, 9.17) is 22.1 Å². The van der Waals surface area contributed by atoms with Crippen molar-refractivity contribution in [3.05, 3.63) is 29.3 Å². The van der Waals surface area contributed by atoms with Gasteiger partial charge in [-0.25, -0.2) is 0 Å². The zero-order valence-electron chi connectivity index (χ0n) is 10.1. The second-order valence-corrected chi connectivity index (χ2v) is 4.39. The lowest BCUT2D eigenvalue weighted by Gasteiger charge is -2.15. The molecule has 18 heavy (non-hydrogen) atoms. The second kappa shape index (κ2) is 7.20. The van der Waals surface area contributed by atoms with Gasteiger partial charge in [0.15, 0.2) is 0 Å². The topological polar surface area (TPSA) is 84.6 Å². The molecule has 1 aromatic rings. The van der Waals surface area contributed by atoms with Crippen LogP contribution in [0.2, 0.25) is 5.02 Å².